The van der Waals surface area contributed by atoms with Crippen molar-refractivity contribution in [2.75, 3.05) is 0 Å². The van der Waals surface area contributed by atoms with Crippen molar-refractivity contribution in [1.29, 1.82) is 0 Å². The number of fused-ring (bicyclic) bond motifs is 1. The molecule has 0 saturated heterocycles. The van der Waals surface area contributed by atoms with Gasteiger partial charge in [-0.25, -0.2) is 0 Å². The highest BCUT2D eigenvalue weighted by molar-refractivity contribution is 6.04. The zero-order valence-electron chi connectivity index (χ0n) is 7.16. The number of aromatic amines is 1. The summed E-state index contributed by atoms with van der Waals surface area (Å²) in [7, 11) is 0. The van der Waals surface area contributed by atoms with Crippen molar-refractivity contribution < 1.29 is 13.6 Å². The Kier molecular flexibility index (Phi) is 1.55. The van der Waals surface area contributed by atoms with Crippen LogP contribution in [0.3, 0.4) is 0 Å². The van der Waals surface area contributed by atoms with Crippen molar-refractivity contribution in [3.05, 3.63) is 23.0 Å². The fourth-order valence-corrected chi connectivity index (χ4v) is 1.67. The fraction of sp³-hybridized carbons (Fsp3) is 0.444. The Bertz CT molecular complexity index is 368. The number of hydrogen-bond acceptors (Lipinski definition) is 1. The molecule has 1 N–H and O–H groups in total. The van der Waals surface area contributed by atoms with Crippen LogP contribution in [-0.4, -0.2) is 16.7 Å². The second-order valence-corrected chi connectivity index (χ2v) is 3.36. The van der Waals surface area contributed by atoms with Gasteiger partial charge in [0, 0.05) is 23.9 Å². The Labute approximate surface area is 74.0 Å². The predicted molar refractivity (Wildman–Crippen MR) is 43.1 cm³/mol. The molecule has 0 spiro atoms. The maximum Gasteiger partial charge on any atom is 0.310 e. The molecule has 0 aliphatic heterocycles. The van der Waals surface area contributed by atoms with Crippen LogP contribution >= 0.6 is 0 Å². The molecule has 0 unspecified atom stereocenters. The van der Waals surface area contributed by atoms with Crippen LogP contribution in [0.4, 0.5) is 8.78 Å². The Morgan fingerprint density at radius 2 is 2.23 bits per heavy atom. The van der Waals surface area contributed by atoms with Crippen molar-refractivity contribution >= 4 is 5.78 Å². The Morgan fingerprint density at radius 1 is 1.54 bits per heavy atom. The zero-order chi connectivity index (χ0) is 9.64. The lowest BCUT2D eigenvalue weighted by Gasteiger charge is -2.20. The average Bonchev–Trinajstić information content (AvgIpc) is 2.41. The highest BCUT2D eigenvalue weighted by Gasteiger charge is 2.44. The molecule has 0 atom stereocenters. The van der Waals surface area contributed by atoms with Gasteiger partial charge in [0.25, 0.3) is 0 Å². The highest BCUT2D eigenvalue weighted by atomic mass is 19.3. The Morgan fingerprint density at radius 3 is 2.92 bits per heavy atom. The standard InChI is InChI=1S/C9H9F2NO/c1-5-4-12-6-2-3-9(10,11)8(13)7(5)6/h4,12H,2-3H2,1H3. The van der Waals surface area contributed by atoms with Crippen LogP contribution in [0, 0.1) is 6.92 Å². The number of halogens is 2. The Hall–Kier alpha value is -1.19. The molecule has 70 valence electrons. The highest BCUT2D eigenvalue weighted by Crippen LogP contribution is 2.33. The van der Waals surface area contributed by atoms with Gasteiger partial charge in [0.15, 0.2) is 0 Å². The number of alkyl halides is 2. The number of ketones is 1. The van der Waals surface area contributed by atoms with Crippen LogP contribution in [-0.2, 0) is 6.42 Å². The van der Waals surface area contributed by atoms with Crippen LogP contribution in [0.1, 0.15) is 28.0 Å². The summed E-state index contributed by atoms with van der Waals surface area (Å²) in [5, 5.41) is 0. The van der Waals surface area contributed by atoms with Gasteiger partial charge in [-0.1, -0.05) is 0 Å². The van der Waals surface area contributed by atoms with E-state index in [1.54, 1.807) is 13.1 Å². The molecule has 0 saturated carbocycles. The molecule has 1 aliphatic rings. The van der Waals surface area contributed by atoms with Crippen molar-refractivity contribution in [2.24, 2.45) is 0 Å². The molecule has 1 aliphatic carbocycles. The number of carbonyl (C=O) groups excluding carboxylic acids is 1. The molecule has 4 heteroatoms. The first-order valence-corrected chi connectivity index (χ1v) is 4.12. The number of rotatable bonds is 0. The molecule has 2 rings (SSSR count). The van der Waals surface area contributed by atoms with E-state index in [0.29, 0.717) is 11.3 Å². The summed E-state index contributed by atoms with van der Waals surface area (Å²) in [6.45, 7) is 1.66. The number of aromatic nitrogens is 1. The van der Waals surface area contributed by atoms with E-state index in [0.717, 1.165) is 0 Å². The smallest absolute Gasteiger partial charge is 0.310 e. The van der Waals surface area contributed by atoms with Crippen LogP contribution < -0.4 is 0 Å². The van der Waals surface area contributed by atoms with Gasteiger partial charge in [0.1, 0.15) is 0 Å². The molecule has 1 heterocycles. The van der Waals surface area contributed by atoms with Gasteiger partial charge in [-0.05, 0) is 18.9 Å². The van der Waals surface area contributed by atoms with Gasteiger partial charge in [0.2, 0.25) is 5.78 Å². The summed E-state index contributed by atoms with van der Waals surface area (Å²) < 4.78 is 25.9. The molecular formula is C9H9F2NO. The summed E-state index contributed by atoms with van der Waals surface area (Å²) in [6.07, 6.45) is 1.48. The van der Waals surface area contributed by atoms with Gasteiger partial charge in [0.05, 0.1) is 0 Å². The third-order valence-electron chi connectivity index (χ3n) is 2.41. The SMILES string of the molecule is Cc1c[nH]c2c1C(=O)C(F)(F)CC2. The van der Waals surface area contributed by atoms with Crippen LogP contribution in [0.15, 0.2) is 6.20 Å². The van der Waals surface area contributed by atoms with E-state index < -0.39 is 11.7 Å². The average molecular weight is 185 g/mol. The minimum atomic E-state index is -3.17. The second-order valence-electron chi connectivity index (χ2n) is 3.36. The maximum atomic E-state index is 13.0. The summed E-state index contributed by atoms with van der Waals surface area (Å²) in [5.41, 5.74) is 1.45. The molecule has 1 aromatic rings. The molecule has 0 bridgehead atoms. The third kappa shape index (κ3) is 1.08. The van der Waals surface area contributed by atoms with E-state index in [2.05, 4.69) is 4.98 Å². The van der Waals surface area contributed by atoms with E-state index in [9.17, 15) is 13.6 Å². The van der Waals surface area contributed by atoms with Crippen LogP contribution in [0.5, 0.6) is 0 Å². The molecular weight excluding hydrogens is 176 g/mol. The number of Topliss-reactive ketones (excluding diaryl/α,β-unsaturated/α-hetero) is 1. The second kappa shape index (κ2) is 2.40. The van der Waals surface area contributed by atoms with Gasteiger partial charge in [-0.2, -0.15) is 8.78 Å². The van der Waals surface area contributed by atoms with E-state index in [-0.39, 0.29) is 18.4 Å². The summed E-state index contributed by atoms with van der Waals surface area (Å²) >= 11 is 0. The Balaban J connectivity index is 2.55. The number of carbonyl (C=O) groups is 1. The molecule has 1 aromatic heterocycles. The minimum Gasteiger partial charge on any atom is -0.364 e. The molecule has 0 fully saturated rings. The van der Waals surface area contributed by atoms with E-state index in [1.807, 2.05) is 0 Å². The molecule has 0 radical (unpaired) electrons. The summed E-state index contributed by atoms with van der Waals surface area (Å²) in [4.78, 5) is 14.1. The van der Waals surface area contributed by atoms with Crippen LogP contribution in [0.2, 0.25) is 0 Å². The minimum absolute atomic E-state index is 0.191. The first-order chi connectivity index (χ1) is 6.02. The van der Waals surface area contributed by atoms with Gasteiger partial charge < -0.3 is 4.98 Å². The predicted octanol–water partition coefficient (Wildman–Crippen LogP) is 2.09. The van der Waals surface area contributed by atoms with E-state index in [4.69, 9.17) is 0 Å². The van der Waals surface area contributed by atoms with Gasteiger partial charge in [-0.3, -0.25) is 4.79 Å². The zero-order valence-corrected chi connectivity index (χ0v) is 7.16. The first kappa shape index (κ1) is 8.41. The third-order valence-corrected chi connectivity index (χ3v) is 2.41. The first-order valence-electron chi connectivity index (χ1n) is 4.12. The lowest BCUT2D eigenvalue weighted by atomic mass is 9.91. The fourth-order valence-electron chi connectivity index (χ4n) is 1.67. The van der Waals surface area contributed by atoms with Crippen LogP contribution in [0.25, 0.3) is 0 Å². The molecule has 2 nitrogen and oxygen atoms in total. The number of hydrogen-bond donors (Lipinski definition) is 1. The van der Waals surface area contributed by atoms with Gasteiger partial charge in [-0.15, -0.1) is 0 Å². The van der Waals surface area contributed by atoms with Crippen molar-refractivity contribution in [2.45, 2.75) is 25.7 Å². The monoisotopic (exact) mass is 185 g/mol. The topological polar surface area (TPSA) is 32.9 Å². The quantitative estimate of drug-likeness (QED) is 0.659. The molecule has 0 amide bonds. The normalized spacial score (nSPS) is 20.1. The summed E-state index contributed by atoms with van der Waals surface area (Å²) in [5.74, 6) is -4.20. The van der Waals surface area contributed by atoms with Crippen molar-refractivity contribution in [3.8, 4) is 0 Å². The molecule has 0 aromatic carbocycles. The van der Waals surface area contributed by atoms with E-state index >= 15 is 0 Å². The summed E-state index contributed by atoms with van der Waals surface area (Å²) in [6, 6.07) is 0. The lowest BCUT2D eigenvalue weighted by Crippen LogP contribution is -2.34. The number of H-pyrrole nitrogens is 1. The largest absolute Gasteiger partial charge is 0.364 e. The van der Waals surface area contributed by atoms with E-state index in [1.165, 1.54) is 0 Å². The number of nitrogens with one attached hydrogen (secondary N) is 1. The van der Waals surface area contributed by atoms with Crippen molar-refractivity contribution in [1.82, 2.24) is 4.98 Å². The molecule has 13 heavy (non-hydrogen) atoms. The van der Waals surface area contributed by atoms with Crippen molar-refractivity contribution in [3.63, 3.8) is 0 Å². The number of aryl methyl sites for hydroxylation is 2. The van der Waals surface area contributed by atoms with Gasteiger partial charge >= 0.3 is 5.92 Å². The maximum absolute atomic E-state index is 13.0. The lowest BCUT2D eigenvalue weighted by molar-refractivity contribution is 0.00180.